The third kappa shape index (κ3) is 3.81. The minimum absolute atomic E-state index is 0.613. The zero-order valence-electron chi connectivity index (χ0n) is 7.96. The first-order valence-electron chi connectivity index (χ1n) is 4.46. The predicted octanol–water partition coefficient (Wildman–Crippen LogP) is 0.209. The van der Waals surface area contributed by atoms with Crippen LogP contribution < -0.4 is 11.1 Å². The Kier molecular flexibility index (Phi) is 4.13. The van der Waals surface area contributed by atoms with E-state index in [9.17, 15) is 0 Å². The molecule has 0 heterocycles. The number of nitrogens with one attached hydrogen (secondary N) is 1. The van der Waals surface area contributed by atoms with Crippen LogP contribution in [0.2, 0.25) is 0 Å². The summed E-state index contributed by atoms with van der Waals surface area (Å²) in [4.78, 5) is 0. The summed E-state index contributed by atoms with van der Waals surface area (Å²) in [6.07, 6.45) is 1.97. The first-order valence-corrected chi connectivity index (χ1v) is 4.46. The largest absolute Gasteiger partial charge is 0.387 e. The van der Waals surface area contributed by atoms with Gasteiger partial charge in [-0.1, -0.05) is 35.8 Å². The Morgan fingerprint density at radius 1 is 1.38 bits per heavy atom. The lowest BCUT2D eigenvalue weighted by atomic mass is 9.97. The molecule has 2 nitrogen and oxygen atoms in total. The Bertz CT molecular complexity index is 270. The minimum Gasteiger partial charge on any atom is -0.387 e. The van der Waals surface area contributed by atoms with E-state index in [1.807, 2.05) is 32.2 Å². The van der Waals surface area contributed by atoms with Crippen LogP contribution in [0.1, 0.15) is 5.56 Å². The van der Waals surface area contributed by atoms with Crippen LogP contribution in [0, 0.1) is 0 Å². The van der Waals surface area contributed by atoms with Crippen molar-refractivity contribution in [1.82, 2.24) is 5.32 Å². The summed E-state index contributed by atoms with van der Waals surface area (Å²) >= 11 is 0. The lowest BCUT2D eigenvalue weighted by Gasteiger charge is -2.02. The van der Waals surface area contributed by atoms with Gasteiger partial charge in [0.25, 0.3) is 0 Å². The quantitative estimate of drug-likeness (QED) is 0.640. The molecule has 0 atom stereocenters. The third-order valence-electron chi connectivity index (χ3n) is 1.82. The standard InChI is InChI=1S/C10H15BN2/c11-10(6-12)8-13-7-9-4-2-1-3-5-9/h1-5,8,13H,6-7,11-12H2/b10-8+. The summed E-state index contributed by atoms with van der Waals surface area (Å²) < 4.78 is 0. The maximum absolute atomic E-state index is 5.44. The van der Waals surface area contributed by atoms with Gasteiger partial charge in [-0.3, -0.25) is 0 Å². The smallest absolute Gasteiger partial charge is 0.137 e. The molecule has 0 radical (unpaired) electrons. The van der Waals surface area contributed by atoms with E-state index >= 15 is 0 Å². The van der Waals surface area contributed by atoms with Gasteiger partial charge in [0.2, 0.25) is 0 Å². The molecule has 13 heavy (non-hydrogen) atoms. The molecule has 0 spiro atoms. The fraction of sp³-hybridized carbons (Fsp3) is 0.200. The molecule has 1 rings (SSSR count). The highest BCUT2D eigenvalue weighted by Gasteiger charge is 1.87. The van der Waals surface area contributed by atoms with Gasteiger partial charge in [-0.25, -0.2) is 0 Å². The fourth-order valence-electron chi connectivity index (χ4n) is 0.998. The van der Waals surface area contributed by atoms with Crippen LogP contribution in [0.4, 0.5) is 0 Å². The van der Waals surface area contributed by atoms with Gasteiger partial charge >= 0.3 is 0 Å². The lowest BCUT2D eigenvalue weighted by molar-refractivity contribution is 0.863. The van der Waals surface area contributed by atoms with E-state index in [2.05, 4.69) is 17.4 Å². The number of hydrogen-bond acceptors (Lipinski definition) is 2. The summed E-state index contributed by atoms with van der Waals surface area (Å²) in [6.45, 7) is 1.47. The van der Waals surface area contributed by atoms with Crippen LogP contribution in [0.25, 0.3) is 0 Å². The van der Waals surface area contributed by atoms with Crippen LogP contribution >= 0.6 is 0 Å². The summed E-state index contributed by atoms with van der Waals surface area (Å²) in [7, 11) is 2.01. The second-order valence-corrected chi connectivity index (χ2v) is 3.06. The van der Waals surface area contributed by atoms with E-state index in [4.69, 9.17) is 5.73 Å². The first-order chi connectivity index (χ1) is 6.33. The number of nitrogens with two attached hydrogens (primary N) is 1. The molecule has 0 saturated heterocycles. The van der Waals surface area contributed by atoms with Crippen molar-refractivity contribution < 1.29 is 0 Å². The molecule has 1 aromatic carbocycles. The maximum Gasteiger partial charge on any atom is 0.137 e. The van der Waals surface area contributed by atoms with E-state index in [0.717, 1.165) is 12.0 Å². The van der Waals surface area contributed by atoms with Crippen molar-refractivity contribution >= 4 is 7.85 Å². The molecule has 3 N–H and O–H groups in total. The Morgan fingerprint density at radius 2 is 2.08 bits per heavy atom. The average Bonchev–Trinajstić information content (AvgIpc) is 2.19. The van der Waals surface area contributed by atoms with Crippen molar-refractivity contribution in [2.75, 3.05) is 6.54 Å². The minimum atomic E-state index is 0.613. The van der Waals surface area contributed by atoms with E-state index in [1.165, 1.54) is 5.56 Å². The van der Waals surface area contributed by atoms with Crippen molar-refractivity contribution in [2.45, 2.75) is 6.54 Å². The zero-order valence-corrected chi connectivity index (χ0v) is 7.96. The molecule has 1 aromatic rings. The maximum atomic E-state index is 5.44. The summed E-state index contributed by atoms with van der Waals surface area (Å²) in [5.74, 6) is 0. The third-order valence-corrected chi connectivity index (χ3v) is 1.82. The highest BCUT2D eigenvalue weighted by molar-refractivity contribution is 6.21. The van der Waals surface area contributed by atoms with Gasteiger partial charge in [0, 0.05) is 13.1 Å². The molecule has 0 aromatic heterocycles. The van der Waals surface area contributed by atoms with Crippen LogP contribution in [-0.2, 0) is 6.54 Å². The second kappa shape index (κ2) is 5.43. The Hall–Kier alpha value is -1.22. The fourth-order valence-corrected chi connectivity index (χ4v) is 0.998. The first kappa shape index (κ1) is 9.87. The molecule has 0 aliphatic rings. The average molecular weight is 174 g/mol. The van der Waals surface area contributed by atoms with Crippen LogP contribution in [0.15, 0.2) is 42.0 Å². The van der Waals surface area contributed by atoms with E-state index in [-0.39, 0.29) is 0 Å². The highest BCUT2D eigenvalue weighted by Crippen LogP contribution is 1.96. The van der Waals surface area contributed by atoms with Crippen molar-refractivity contribution in [3.8, 4) is 0 Å². The molecule has 0 amide bonds. The van der Waals surface area contributed by atoms with Crippen LogP contribution in [0.3, 0.4) is 0 Å². The van der Waals surface area contributed by atoms with Crippen molar-refractivity contribution in [1.29, 1.82) is 0 Å². The van der Waals surface area contributed by atoms with Crippen LogP contribution in [-0.4, -0.2) is 14.4 Å². The number of hydrogen-bond donors (Lipinski definition) is 2. The lowest BCUT2D eigenvalue weighted by Crippen LogP contribution is -2.10. The number of benzene rings is 1. The zero-order chi connectivity index (χ0) is 9.52. The Morgan fingerprint density at radius 3 is 2.69 bits per heavy atom. The topological polar surface area (TPSA) is 38.0 Å². The molecule has 3 heteroatoms. The highest BCUT2D eigenvalue weighted by atomic mass is 14.8. The summed E-state index contributed by atoms with van der Waals surface area (Å²) in [5.41, 5.74) is 7.89. The van der Waals surface area contributed by atoms with Crippen LogP contribution in [0.5, 0.6) is 0 Å². The molecule has 68 valence electrons. The molecule has 0 fully saturated rings. The van der Waals surface area contributed by atoms with Crippen molar-refractivity contribution in [3.05, 3.63) is 47.6 Å². The SMILES string of the molecule is B/C(=C/NCc1ccccc1)CN. The molecular formula is C10H15BN2. The predicted molar refractivity (Wildman–Crippen MR) is 59.0 cm³/mol. The van der Waals surface area contributed by atoms with Gasteiger partial charge in [0.1, 0.15) is 7.85 Å². The van der Waals surface area contributed by atoms with Gasteiger partial charge in [0.15, 0.2) is 0 Å². The molecule has 0 unspecified atom stereocenters. The van der Waals surface area contributed by atoms with Gasteiger partial charge in [-0.05, 0) is 11.8 Å². The summed E-state index contributed by atoms with van der Waals surface area (Å²) in [6, 6.07) is 10.3. The molecule has 0 bridgehead atoms. The Labute approximate surface area is 80.2 Å². The molecule has 0 aliphatic carbocycles. The monoisotopic (exact) mass is 174 g/mol. The van der Waals surface area contributed by atoms with Gasteiger partial charge < -0.3 is 11.1 Å². The molecular weight excluding hydrogens is 159 g/mol. The van der Waals surface area contributed by atoms with E-state index < -0.39 is 0 Å². The molecule has 0 saturated carbocycles. The van der Waals surface area contributed by atoms with Gasteiger partial charge in [-0.15, -0.1) is 0 Å². The second-order valence-electron chi connectivity index (χ2n) is 3.06. The summed E-state index contributed by atoms with van der Waals surface area (Å²) in [5, 5.41) is 3.21. The molecule has 0 aliphatic heterocycles. The van der Waals surface area contributed by atoms with Crippen molar-refractivity contribution in [3.63, 3.8) is 0 Å². The number of rotatable bonds is 4. The van der Waals surface area contributed by atoms with Crippen molar-refractivity contribution in [2.24, 2.45) is 5.73 Å². The van der Waals surface area contributed by atoms with E-state index in [0.29, 0.717) is 6.54 Å². The van der Waals surface area contributed by atoms with Gasteiger partial charge in [0.05, 0.1) is 0 Å². The Balaban J connectivity index is 2.36. The van der Waals surface area contributed by atoms with E-state index in [1.54, 1.807) is 0 Å². The normalized spacial score (nSPS) is 11.3. The van der Waals surface area contributed by atoms with Gasteiger partial charge in [-0.2, -0.15) is 0 Å².